The molecule has 4 atom stereocenters. The van der Waals surface area contributed by atoms with Crippen LogP contribution >= 0.6 is 22.6 Å². The van der Waals surface area contributed by atoms with Crippen molar-refractivity contribution < 1.29 is 9.53 Å². The molecule has 0 N–H and O–H groups in total. The number of rotatable bonds is 1. The Hall–Kier alpha value is -0.580. The Kier molecular flexibility index (Phi) is 3.55. The van der Waals surface area contributed by atoms with E-state index < -0.39 is 0 Å². The molecular formula is C19H23IO2. The Bertz CT molecular complexity index is 639. The number of ketones is 1. The first-order valence-corrected chi connectivity index (χ1v) is 9.52. The van der Waals surface area contributed by atoms with Gasteiger partial charge in [-0.15, -0.1) is 0 Å². The molecule has 0 radical (unpaired) electrons. The highest BCUT2D eigenvalue weighted by molar-refractivity contribution is 14.1. The van der Waals surface area contributed by atoms with Gasteiger partial charge in [0.2, 0.25) is 0 Å². The summed E-state index contributed by atoms with van der Waals surface area (Å²) in [4.78, 5) is 12.4. The third kappa shape index (κ3) is 2.00. The van der Waals surface area contributed by atoms with Crippen molar-refractivity contribution in [3.05, 3.63) is 26.8 Å². The molecule has 0 amide bonds. The molecule has 3 unspecified atom stereocenters. The summed E-state index contributed by atoms with van der Waals surface area (Å²) in [6, 6.07) is 4.60. The molecule has 2 saturated carbocycles. The number of ether oxygens (including phenoxy) is 1. The Labute approximate surface area is 146 Å². The summed E-state index contributed by atoms with van der Waals surface area (Å²) in [6.07, 6.45) is 6.59. The average Bonchev–Trinajstić information content (AvgIpc) is 2.82. The summed E-state index contributed by atoms with van der Waals surface area (Å²) >= 11 is 2.39. The Morgan fingerprint density at radius 2 is 2.05 bits per heavy atom. The number of hydrogen-bond acceptors (Lipinski definition) is 2. The molecule has 0 aromatic heterocycles. The van der Waals surface area contributed by atoms with Gasteiger partial charge in [0.15, 0.2) is 0 Å². The van der Waals surface area contributed by atoms with Gasteiger partial charge in [-0.25, -0.2) is 0 Å². The van der Waals surface area contributed by atoms with Gasteiger partial charge >= 0.3 is 0 Å². The summed E-state index contributed by atoms with van der Waals surface area (Å²) in [7, 11) is 1.76. The number of carbonyl (C=O) groups excluding carboxylic acids is 1. The van der Waals surface area contributed by atoms with Crippen molar-refractivity contribution >= 4 is 28.4 Å². The number of benzene rings is 1. The smallest absolute Gasteiger partial charge is 0.139 e. The molecule has 22 heavy (non-hydrogen) atoms. The highest BCUT2D eigenvalue weighted by atomic mass is 127. The van der Waals surface area contributed by atoms with Gasteiger partial charge in [0.05, 0.1) is 10.7 Å². The van der Waals surface area contributed by atoms with E-state index in [0.717, 1.165) is 31.4 Å². The summed E-state index contributed by atoms with van der Waals surface area (Å²) in [6.45, 7) is 2.25. The Morgan fingerprint density at radius 3 is 2.82 bits per heavy atom. The van der Waals surface area contributed by atoms with Crippen molar-refractivity contribution in [3.63, 3.8) is 0 Å². The zero-order valence-corrected chi connectivity index (χ0v) is 15.5. The molecule has 0 heterocycles. The Morgan fingerprint density at radius 1 is 1.23 bits per heavy atom. The van der Waals surface area contributed by atoms with Crippen molar-refractivity contribution in [3.8, 4) is 5.75 Å². The molecule has 0 spiro atoms. The van der Waals surface area contributed by atoms with E-state index in [1.54, 1.807) is 12.7 Å². The zero-order valence-electron chi connectivity index (χ0n) is 13.3. The fourth-order valence-electron chi connectivity index (χ4n) is 5.50. The van der Waals surface area contributed by atoms with Crippen LogP contribution in [0, 0.1) is 20.8 Å². The third-order valence-electron chi connectivity index (χ3n) is 6.71. The SMILES string of the molecule is COc1cc2c(cc1I)C1CC[C@]3(C)C(=O)CCC3C1CC2. The van der Waals surface area contributed by atoms with Crippen molar-refractivity contribution in [1.29, 1.82) is 0 Å². The van der Waals surface area contributed by atoms with Crippen LogP contribution in [0.3, 0.4) is 0 Å². The molecule has 3 aliphatic rings. The van der Waals surface area contributed by atoms with Gasteiger partial charge < -0.3 is 4.74 Å². The molecule has 3 aliphatic carbocycles. The summed E-state index contributed by atoms with van der Waals surface area (Å²) in [5.74, 6) is 3.53. The standard InChI is InChI=1S/C19H23IO2/c1-19-8-7-12-13(15(19)5-6-18(19)21)4-3-11-9-17(22-2)16(20)10-14(11)12/h9-10,12-13,15H,3-8H2,1-2H3/t12?,13?,15?,19-/m0/s1. The van der Waals surface area contributed by atoms with Crippen LogP contribution in [-0.4, -0.2) is 12.9 Å². The monoisotopic (exact) mass is 410 g/mol. The second kappa shape index (κ2) is 5.22. The largest absolute Gasteiger partial charge is 0.496 e. The molecule has 0 bridgehead atoms. The highest BCUT2D eigenvalue weighted by Gasteiger charge is 2.54. The normalized spacial score (nSPS) is 36.5. The maximum Gasteiger partial charge on any atom is 0.139 e. The van der Waals surface area contributed by atoms with E-state index in [4.69, 9.17) is 4.74 Å². The van der Waals surface area contributed by atoms with E-state index in [1.165, 1.54) is 22.0 Å². The van der Waals surface area contributed by atoms with Gasteiger partial charge in [0.1, 0.15) is 11.5 Å². The number of carbonyl (C=O) groups is 1. The van der Waals surface area contributed by atoms with E-state index in [-0.39, 0.29) is 5.41 Å². The van der Waals surface area contributed by atoms with Crippen molar-refractivity contribution in [2.24, 2.45) is 17.3 Å². The lowest BCUT2D eigenvalue weighted by atomic mass is 9.55. The quantitative estimate of drug-likeness (QED) is 0.626. The second-order valence-corrected chi connectivity index (χ2v) is 8.68. The van der Waals surface area contributed by atoms with Gasteiger partial charge in [0, 0.05) is 11.8 Å². The molecule has 0 aliphatic heterocycles. The molecule has 0 saturated heterocycles. The first kappa shape index (κ1) is 15.0. The van der Waals surface area contributed by atoms with Gasteiger partial charge in [-0.2, -0.15) is 0 Å². The summed E-state index contributed by atoms with van der Waals surface area (Å²) < 4.78 is 6.71. The van der Waals surface area contributed by atoms with E-state index in [1.807, 2.05) is 0 Å². The molecule has 1 aromatic carbocycles. The Balaban J connectivity index is 1.73. The van der Waals surface area contributed by atoms with Crippen LogP contribution in [0.1, 0.15) is 56.1 Å². The molecule has 2 nitrogen and oxygen atoms in total. The van der Waals surface area contributed by atoms with Crippen LogP contribution < -0.4 is 4.74 Å². The molecule has 2 fully saturated rings. The highest BCUT2D eigenvalue weighted by Crippen LogP contribution is 2.59. The molecular weight excluding hydrogens is 387 g/mol. The van der Waals surface area contributed by atoms with Crippen LogP contribution in [0.25, 0.3) is 0 Å². The van der Waals surface area contributed by atoms with Crippen molar-refractivity contribution in [2.75, 3.05) is 7.11 Å². The summed E-state index contributed by atoms with van der Waals surface area (Å²) in [5, 5.41) is 0. The maximum absolute atomic E-state index is 12.4. The fraction of sp³-hybridized carbons (Fsp3) is 0.632. The minimum atomic E-state index is -0.0156. The van der Waals surface area contributed by atoms with E-state index in [2.05, 4.69) is 41.6 Å². The number of halogens is 1. The van der Waals surface area contributed by atoms with E-state index in [9.17, 15) is 4.79 Å². The van der Waals surface area contributed by atoms with Crippen LogP contribution in [0.4, 0.5) is 0 Å². The summed E-state index contributed by atoms with van der Waals surface area (Å²) in [5.41, 5.74) is 3.01. The number of aryl methyl sites for hydroxylation is 1. The van der Waals surface area contributed by atoms with Crippen LogP contribution in [0.5, 0.6) is 5.75 Å². The minimum absolute atomic E-state index is 0.0156. The first-order valence-electron chi connectivity index (χ1n) is 8.44. The molecule has 1 aromatic rings. The van der Waals surface area contributed by atoms with Gasteiger partial charge in [-0.3, -0.25) is 4.79 Å². The fourth-order valence-corrected chi connectivity index (χ4v) is 6.21. The van der Waals surface area contributed by atoms with Crippen LogP contribution in [0.15, 0.2) is 12.1 Å². The zero-order chi connectivity index (χ0) is 15.5. The number of Topliss-reactive ketones (excluding diaryl/α,β-unsaturated/α-hetero) is 1. The van der Waals surface area contributed by atoms with Gasteiger partial charge in [-0.05, 0) is 95.7 Å². The number of methoxy groups -OCH3 is 1. The van der Waals surface area contributed by atoms with Crippen LogP contribution in [0.2, 0.25) is 0 Å². The number of hydrogen-bond donors (Lipinski definition) is 0. The minimum Gasteiger partial charge on any atom is -0.496 e. The number of fused-ring (bicyclic) bond motifs is 5. The second-order valence-electron chi connectivity index (χ2n) is 7.52. The lowest BCUT2D eigenvalue weighted by molar-refractivity contribution is -0.129. The molecule has 4 rings (SSSR count). The van der Waals surface area contributed by atoms with Crippen molar-refractivity contribution in [1.82, 2.24) is 0 Å². The van der Waals surface area contributed by atoms with E-state index in [0.29, 0.717) is 23.5 Å². The maximum atomic E-state index is 12.4. The molecule has 118 valence electrons. The van der Waals surface area contributed by atoms with E-state index >= 15 is 0 Å². The average molecular weight is 410 g/mol. The predicted molar refractivity (Wildman–Crippen MR) is 95.3 cm³/mol. The third-order valence-corrected chi connectivity index (χ3v) is 7.55. The van der Waals surface area contributed by atoms with Gasteiger partial charge in [-0.1, -0.05) is 6.92 Å². The lowest BCUT2D eigenvalue weighted by Crippen LogP contribution is -2.42. The van der Waals surface area contributed by atoms with Crippen molar-refractivity contribution in [2.45, 2.75) is 51.4 Å². The first-order chi connectivity index (χ1) is 10.5. The molecule has 3 heteroatoms. The lowest BCUT2D eigenvalue weighted by Gasteiger charge is -2.48. The topological polar surface area (TPSA) is 26.3 Å². The predicted octanol–water partition coefficient (Wildman–Crippen LogP) is 4.73. The van der Waals surface area contributed by atoms with Crippen LogP contribution in [-0.2, 0) is 11.2 Å². The van der Waals surface area contributed by atoms with Gasteiger partial charge in [0.25, 0.3) is 0 Å².